The molecule has 0 amide bonds. The van der Waals surface area contributed by atoms with Crippen molar-refractivity contribution in [3.05, 3.63) is 24.3 Å². The van der Waals surface area contributed by atoms with Gasteiger partial charge in [-0.1, -0.05) is 276 Å². The Hall–Kier alpha value is -2.11. The average molecular weight is 972 g/mol. The summed E-state index contributed by atoms with van der Waals surface area (Å²) < 4.78 is 16.9. The molecule has 69 heavy (non-hydrogen) atoms. The molecule has 0 fully saturated rings. The molecule has 0 aliphatic heterocycles. The summed E-state index contributed by atoms with van der Waals surface area (Å²) in [5, 5.41) is 0. The maximum atomic E-state index is 12.9. The second-order valence-electron chi connectivity index (χ2n) is 21.0. The number of unbranched alkanes of at least 4 members (excludes halogenated alkanes) is 42. The van der Waals surface area contributed by atoms with Crippen molar-refractivity contribution in [3.63, 3.8) is 0 Å². The molecule has 0 aliphatic rings. The van der Waals surface area contributed by atoms with Crippen LogP contribution < -0.4 is 0 Å². The van der Waals surface area contributed by atoms with Crippen LogP contribution in [0.5, 0.6) is 0 Å². The lowest BCUT2D eigenvalue weighted by Crippen LogP contribution is -2.30. The number of allylic oxidation sites excluding steroid dienone is 4. The highest BCUT2D eigenvalue weighted by atomic mass is 16.6. The van der Waals surface area contributed by atoms with Crippen molar-refractivity contribution in [2.45, 2.75) is 348 Å². The van der Waals surface area contributed by atoms with Crippen LogP contribution in [-0.4, -0.2) is 37.2 Å². The Morgan fingerprint density at radius 2 is 0.478 bits per heavy atom. The maximum absolute atomic E-state index is 12.9. The van der Waals surface area contributed by atoms with Crippen LogP contribution in [0, 0.1) is 0 Å². The molecule has 0 saturated heterocycles. The lowest BCUT2D eigenvalue weighted by atomic mass is 10.0. The number of esters is 3. The molecule has 0 aromatic heterocycles. The normalized spacial score (nSPS) is 12.1. The van der Waals surface area contributed by atoms with Gasteiger partial charge < -0.3 is 14.2 Å². The van der Waals surface area contributed by atoms with Crippen LogP contribution >= 0.6 is 0 Å². The minimum atomic E-state index is -0.774. The largest absolute Gasteiger partial charge is 0.462 e. The van der Waals surface area contributed by atoms with Gasteiger partial charge in [-0.2, -0.15) is 0 Å². The molecule has 0 bridgehead atoms. The predicted molar refractivity (Wildman–Crippen MR) is 298 cm³/mol. The van der Waals surface area contributed by atoms with E-state index in [4.69, 9.17) is 14.2 Å². The molecule has 0 spiro atoms. The van der Waals surface area contributed by atoms with Crippen molar-refractivity contribution in [1.29, 1.82) is 0 Å². The molecule has 0 heterocycles. The standard InChI is InChI=1S/C63H118O6/c1-4-7-10-13-16-19-22-25-28-31-33-35-38-41-44-47-50-53-56-62(65)68-59-60(58-67-61(64)55-52-49-46-43-40-37-34-30-27-24-21-18-15-12-9-6-3)69-63(66)57-54-51-48-45-42-39-36-32-29-26-23-20-17-14-11-8-5-2/h26,29-30,34,60H,4-25,27-28,31-33,35-59H2,1-3H3/b29-26-,34-30-. The van der Waals surface area contributed by atoms with Gasteiger partial charge in [0.25, 0.3) is 0 Å². The van der Waals surface area contributed by atoms with Crippen molar-refractivity contribution in [1.82, 2.24) is 0 Å². The highest BCUT2D eigenvalue weighted by Gasteiger charge is 2.19. The van der Waals surface area contributed by atoms with Gasteiger partial charge in [-0.25, -0.2) is 0 Å². The smallest absolute Gasteiger partial charge is 0.306 e. The summed E-state index contributed by atoms with van der Waals surface area (Å²) in [5.74, 6) is -0.860. The first-order valence-corrected chi connectivity index (χ1v) is 30.8. The number of hydrogen-bond donors (Lipinski definition) is 0. The molecule has 6 heteroatoms. The summed E-state index contributed by atoms with van der Waals surface area (Å²) in [5.41, 5.74) is 0. The molecular formula is C63H118O6. The second-order valence-corrected chi connectivity index (χ2v) is 21.0. The Kier molecular flexibility index (Phi) is 56.7. The molecule has 0 saturated carbocycles. The van der Waals surface area contributed by atoms with Crippen molar-refractivity contribution < 1.29 is 28.6 Å². The fourth-order valence-electron chi connectivity index (χ4n) is 9.26. The third-order valence-electron chi connectivity index (χ3n) is 13.9. The Balaban J connectivity index is 4.34. The van der Waals surface area contributed by atoms with Gasteiger partial charge in [-0.3, -0.25) is 14.4 Å². The first-order chi connectivity index (χ1) is 34.0. The molecule has 0 aliphatic carbocycles. The number of carbonyl (C=O) groups excluding carboxylic acids is 3. The first-order valence-electron chi connectivity index (χ1n) is 30.8. The Labute approximate surface area is 430 Å². The number of rotatable bonds is 57. The Morgan fingerprint density at radius 1 is 0.275 bits per heavy atom. The minimum absolute atomic E-state index is 0.0708. The zero-order chi connectivity index (χ0) is 50.0. The zero-order valence-electron chi connectivity index (χ0n) is 46.6. The highest BCUT2D eigenvalue weighted by molar-refractivity contribution is 5.71. The summed E-state index contributed by atoms with van der Waals surface area (Å²) in [6.45, 7) is 6.68. The van der Waals surface area contributed by atoms with Gasteiger partial charge in [0.2, 0.25) is 0 Å². The molecule has 0 aromatic carbocycles. The van der Waals surface area contributed by atoms with E-state index < -0.39 is 6.10 Å². The molecule has 0 N–H and O–H groups in total. The monoisotopic (exact) mass is 971 g/mol. The van der Waals surface area contributed by atoms with E-state index in [1.54, 1.807) is 0 Å². The summed E-state index contributed by atoms with van der Waals surface area (Å²) in [4.78, 5) is 38.2. The SMILES string of the molecule is CCCCCCCC/C=C\CCCCCCCCCC(=O)OC(COC(=O)CCCCCCC/C=C\CCCCCCCCC)COC(=O)CCCCCCCCCCCCCCCCCCCC. The van der Waals surface area contributed by atoms with Crippen molar-refractivity contribution >= 4 is 17.9 Å². The third-order valence-corrected chi connectivity index (χ3v) is 13.9. The maximum Gasteiger partial charge on any atom is 0.306 e. The van der Waals surface area contributed by atoms with Crippen LogP contribution in [0.15, 0.2) is 24.3 Å². The lowest BCUT2D eigenvalue weighted by molar-refractivity contribution is -0.167. The molecule has 406 valence electrons. The minimum Gasteiger partial charge on any atom is -0.462 e. The van der Waals surface area contributed by atoms with E-state index in [9.17, 15) is 14.4 Å². The topological polar surface area (TPSA) is 78.9 Å². The van der Waals surface area contributed by atoms with E-state index in [2.05, 4.69) is 45.1 Å². The van der Waals surface area contributed by atoms with Crippen LogP contribution in [0.4, 0.5) is 0 Å². The van der Waals surface area contributed by atoms with E-state index in [-0.39, 0.29) is 31.1 Å². The van der Waals surface area contributed by atoms with Crippen LogP contribution in [-0.2, 0) is 28.6 Å². The number of carbonyl (C=O) groups is 3. The van der Waals surface area contributed by atoms with Gasteiger partial charge in [-0.05, 0) is 70.6 Å². The van der Waals surface area contributed by atoms with Gasteiger partial charge >= 0.3 is 17.9 Å². The van der Waals surface area contributed by atoms with Gasteiger partial charge in [0, 0.05) is 19.3 Å². The van der Waals surface area contributed by atoms with Gasteiger partial charge in [0.1, 0.15) is 13.2 Å². The van der Waals surface area contributed by atoms with E-state index in [0.29, 0.717) is 19.3 Å². The van der Waals surface area contributed by atoms with E-state index in [0.717, 1.165) is 64.2 Å². The highest BCUT2D eigenvalue weighted by Crippen LogP contribution is 2.17. The molecule has 6 nitrogen and oxygen atoms in total. The summed E-state index contributed by atoms with van der Waals surface area (Å²) in [6, 6.07) is 0. The van der Waals surface area contributed by atoms with Crippen LogP contribution in [0.25, 0.3) is 0 Å². The van der Waals surface area contributed by atoms with Gasteiger partial charge in [-0.15, -0.1) is 0 Å². The quantitative estimate of drug-likeness (QED) is 0.0261. The summed E-state index contributed by atoms with van der Waals surface area (Å²) >= 11 is 0. The molecule has 0 rings (SSSR count). The van der Waals surface area contributed by atoms with Gasteiger partial charge in [0.15, 0.2) is 6.10 Å². The second kappa shape index (κ2) is 58.5. The average Bonchev–Trinajstić information content (AvgIpc) is 3.35. The van der Waals surface area contributed by atoms with E-state index in [1.165, 1.54) is 238 Å². The molecule has 0 radical (unpaired) electrons. The van der Waals surface area contributed by atoms with Crippen LogP contribution in [0.2, 0.25) is 0 Å². The fraction of sp³-hybridized carbons (Fsp3) is 0.889. The molecule has 0 aromatic rings. The van der Waals surface area contributed by atoms with Crippen LogP contribution in [0.1, 0.15) is 342 Å². The Morgan fingerprint density at radius 3 is 0.725 bits per heavy atom. The van der Waals surface area contributed by atoms with E-state index >= 15 is 0 Å². The van der Waals surface area contributed by atoms with Gasteiger partial charge in [0.05, 0.1) is 0 Å². The van der Waals surface area contributed by atoms with Crippen molar-refractivity contribution in [2.24, 2.45) is 0 Å². The summed E-state index contributed by atoms with van der Waals surface area (Å²) in [7, 11) is 0. The number of ether oxygens (including phenoxy) is 3. The van der Waals surface area contributed by atoms with Crippen LogP contribution in [0.3, 0.4) is 0 Å². The lowest BCUT2D eigenvalue weighted by Gasteiger charge is -2.18. The van der Waals surface area contributed by atoms with Crippen molar-refractivity contribution in [2.75, 3.05) is 13.2 Å². The number of hydrogen-bond acceptors (Lipinski definition) is 6. The molecular weight excluding hydrogens is 853 g/mol. The Bertz CT molecular complexity index is 1110. The molecule has 1 atom stereocenters. The third kappa shape index (κ3) is 56.7. The van der Waals surface area contributed by atoms with E-state index in [1.807, 2.05) is 0 Å². The summed E-state index contributed by atoms with van der Waals surface area (Å²) in [6.07, 6.45) is 68.9. The van der Waals surface area contributed by atoms with Crippen molar-refractivity contribution in [3.8, 4) is 0 Å². The zero-order valence-corrected chi connectivity index (χ0v) is 46.6. The molecule has 1 unspecified atom stereocenters. The predicted octanol–water partition coefficient (Wildman–Crippen LogP) is 20.7. The fourth-order valence-corrected chi connectivity index (χ4v) is 9.26. The first kappa shape index (κ1) is 66.9.